The van der Waals surface area contributed by atoms with Crippen LogP contribution in [0.4, 0.5) is 0 Å². The van der Waals surface area contributed by atoms with E-state index in [1.54, 1.807) is 47.4 Å². The average Bonchev–Trinajstić information content (AvgIpc) is 3.25. The average molecular weight is 380 g/mol. The number of fused-ring (bicyclic) bond motifs is 1. The van der Waals surface area contributed by atoms with E-state index in [1.165, 1.54) is 4.90 Å². The monoisotopic (exact) mass is 380 g/mol. The summed E-state index contributed by atoms with van der Waals surface area (Å²) < 4.78 is 1.01. The maximum absolute atomic E-state index is 12.3. The molecule has 130 valence electrons. The van der Waals surface area contributed by atoms with Gasteiger partial charge in [-0.3, -0.25) is 14.5 Å². The number of thioether (sulfide) groups is 1. The smallest absolute Gasteiger partial charge is 0.261 e. The summed E-state index contributed by atoms with van der Waals surface area (Å²) in [5, 5.41) is 2.06. The summed E-state index contributed by atoms with van der Waals surface area (Å²) in [5.41, 5.74) is 3.12. The number of rotatable bonds is 6. The molecular weight excluding hydrogens is 364 g/mol. The van der Waals surface area contributed by atoms with Gasteiger partial charge in [-0.15, -0.1) is 11.3 Å². The Balaban J connectivity index is 1.31. The third-order valence-corrected chi connectivity index (χ3v) is 6.29. The molecule has 4 rings (SSSR count). The van der Waals surface area contributed by atoms with Crippen molar-refractivity contribution in [2.24, 2.45) is 0 Å². The molecular formula is C20H16N2O2S2. The SMILES string of the molecule is O=C1c2ccccc2C(=O)N1CCCSc1nc(-c2ccccc2)cs1. The third kappa shape index (κ3) is 3.30. The van der Waals surface area contributed by atoms with Crippen LogP contribution in [-0.4, -0.2) is 34.0 Å². The number of benzene rings is 2. The van der Waals surface area contributed by atoms with Gasteiger partial charge in [0.15, 0.2) is 4.34 Å². The summed E-state index contributed by atoms with van der Waals surface area (Å²) in [6, 6.07) is 17.1. The molecule has 1 aliphatic heterocycles. The van der Waals surface area contributed by atoms with E-state index in [0.29, 0.717) is 17.7 Å². The number of hydrogen-bond acceptors (Lipinski definition) is 5. The highest BCUT2D eigenvalue weighted by molar-refractivity contribution is 8.01. The lowest BCUT2D eigenvalue weighted by molar-refractivity contribution is 0.0655. The van der Waals surface area contributed by atoms with E-state index in [4.69, 9.17) is 0 Å². The van der Waals surface area contributed by atoms with Crippen LogP contribution < -0.4 is 0 Å². The lowest BCUT2D eigenvalue weighted by Crippen LogP contribution is -2.30. The molecule has 3 aromatic rings. The molecule has 26 heavy (non-hydrogen) atoms. The van der Waals surface area contributed by atoms with Crippen molar-refractivity contribution in [2.75, 3.05) is 12.3 Å². The van der Waals surface area contributed by atoms with Crippen LogP contribution in [0.1, 0.15) is 27.1 Å². The van der Waals surface area contributed by atoms with Crippen LogP contribution in [0.3, 0.4) is 0 Å². The van der Waals surface area contributed by atoms with Crippen molar-refractivity contribution in [1.29, 1.82) is 0 Å². The van der Waals surface area contributed by atoms with Crippen molar-refractivity contribution in [3.8, 4) is 11.3 Å². The number of imide groups is 1. The fraction of sp³-hybridized carbons (Fsp3) is 0.150. The predicted molar refractivity (Wildman–Crippen MR) is 105 cm³/mol. The number of nitrogens with zero attached hydrogens (tertiary/aromatic N) is 2. The van der Waals surface area contributed by atoms with Crippen molar-refractivity contribution in [3.63, 3.8) is 0 Å². The minimum Gasteiger partial charge on any atom is -0.274 e. The van der Waals surface area contributed by atoms with E-state index in [2.05, 4.69) is 10.4 Å². The van der Waals surface area contributed by atoms with Crippen molar-refractivity contribution in [2.45, 2.75) is 10.8 Å². The maximum Gasteiger partial charge on any atom is 0.261 e. The zero-order valence-electron chi connectivity index (χ0n) is 13.9. The highest BCUT2D eigenvalue weighted by Gasteiger charge is 2.34. The van der Waals surface area contributed by atoms with Crippen LogP contribution in [0.25, 0.3) is 11.3 Å². The molecule has 0 atom stereocenters. The molecule has 0 radical (unpaired) electrons. The van der Waals surface area contributed by atoms with E-state index in [1.807, 2.05) is 30.3 Å². The fourth-order valence-corrected chi connectivity index (χ4v) is 4.72. The Morgan fingerprint density at radius 3 is 2.27 bits per heavy atom. The van der Waals surface area contributed by atoms with Crippen molar-refractivity contribution in [1.82, 2.24) is 9.88 Å². The molecule has 1 aliphatic rings. The van der Waals surface area contributed by atoms with E-state index >= 15 is 0 Å². The Labute approximate surface area is 159 Å². The molecule has 0 unspecified atom stereocenters. The molecule has 0 saturated carbocycles. The minimum absolute atomic E-state index is 0.184. The second-order valence-electron chi connectivity index (χ2n) is 5.87. The standard InChI is InChI=1S/C20H16N2O2S2/c23-18-15-9-4-5-10-16(15)19(24)22(18)11-6-12-25-20-21-17(13-26-20)14-7-2-1-3-8-14/h1-5,7-10,13H,6,11-12H2. The molecule has 0 aliphatic carbocycles. The van der Waals surface area contributed by atoms with E-state index in [9.17, 15) is 9.59 Å². The zero-order chi connectivity index (χ0) is 17.9. The number of hydrogen-bond donors (Lipinski definition) is 0. The first-order valence-corrected chi connectivity index (χ1v) is 10.2. The van der Waals surface area contributed by atoms with Crippen LogP contribution in [0, 0.1) is 0 Å². The van der Waals surface area contributed by atoms with Gasteiger partial charge in [-0.1, -0.05) is 54.2 Å². The number of aromatic nitrogens is 1. The van der Waals surface area contributed by atoms with Gasteiger partial charge in [0.2, 0.25) is 0 Å². The van der Waals surface area contributed by atoms with Crippen LogP contribution in [0.5, 0.6) is 0 Å². The van der Waals surface area contributed by atoms with Crippen molar-refractivity contribution >= 4 is 34.9 Å². The highest BCUT2D eigenvalue weighted by Crippen LogP contribution is 2.29. The van der Waals surface area contributed by atoms with Gasteiger partial charge < -0.3 is 0 Å². The molecule has 2 heterocycles. The molecule has 2 amide bonds. The zero-order valence-corrected chi connectivity index (χ0v) is 15.6. The van der Waals surface area contributed by atoms with Gasteiger partial charge in [0.25, 0.3) is 11.8 Å². The second-order valence-corrected chi connectivity index (χ2v) is 8.07. The molecule has 0 spiro atoms. The van der Waals surface area contributed by atoms with E-state index < -0.39 is 0 Å². The predicted octanol–water partition coefficient (Wildman–Crippen LogP) is 4.59. The van der Waals surface area contributed by atoms with Crippen molar-refractivity contribution < 1.29 is 9.59 Å². The van der Waals surface area contributed by atoms with Crippen LogP contribution in [0.15, 0.2) is 64.3 Å². The number of amides is 2. The molecule has 0 fully saturated rings. The molecule has 0 saturated heterocycles. The topological polar surface area (TPSA) is 50.3 Å². The van der Waals surface area contributed by atoms with Gasteiger partial charge in [0.05, 0.1) is 16.8 Å². The van der Waals surface area contributed by atoms with Gasteiger partial charge in [0, 0.05) is 23.2 Å². The fourth-order valence-electron chi connectivity index (χ4n) is 2.89. The first-order chi connectivity index (χ1) is 12.7. The Hall–Kier alpha value is -2.44. The highest BCUT2D eigenvalue weighted by atomic mass is 32.2. The molecule has 0 N–H and O–H groups in total. The van der Waals surface area contributed by atoms with Gasteiger partial charge in [0.1, 0.15) is 0 Å². The van der Waals surface area contributed by atoms with Gasteiger partial charge in [-0.05, 0) is 18.6 Å². The van der Waals surface area contributed by atoms with Gasteiger partial charge in [-0.2, -0.15) is 0 Å². The normalized spacial score (nSPS) is 13.3. The summed E-state index contributed by atoms with van der Waals surface area (Å²) >= 11 is 3.29. The van der Waals surface area contributed by atoms with Crippen LogP contribution in [-0.2, 0) is 0 Å². The lowest BCUT2D eigenvalue weighted by Gasteiger charge is -2.12. The molecule has 4 nitrogen and oxygen atoms in total. The number of carbonyl (C=O) groups excluding carboxylic acids is 2. The first-order valence-electron chi connectivity index (χ1n) is 8.33. The Kier molecular flexibility index (Phi) is 4.86. The largest absolute Gasteiger partial charge is 0.274 e. The van der Waals surface area contributed by atoms with E-state index in [0.717, 1.165) is 27.8 Å². The second kappa shape index (κ2) is 7.43. The third-order valence-electron chi connectivity index (χ3n) is 4.18. The molecule has 1 aromatic heterocycles. The van der Waals surface area contributed by atoms with E-state index in [-0.39, 0.29) is 11.8 Å². The van der Waals surface area contributed by atoms with Gasteiger partial charge >= 0.3 is 0 Å². The summed E-state index contributed by atoms with van der Waals surface area (Å²) in [4.78, 5) is 30.6. The summed E-state index contributed by atoms with van der Waals surface area (Å²) in [5.74, 6) is 0.447. The number of carbonyl (C=O) groups is 2. The maximum atomic E-state index is 12.3. The van der Waals surface area contributed by atoms with Gasteiger partial charge in [-0.25, -0.2) is 4.98 Å². The lowest BCUT2D eigenvalue weighted by atomic mass is 10.1. The van der Waals surface area contributed by atoms with Crippen LogP contribution in [0.2, 0.25) is 0 Å². The number of thiazole rings is 1. The Morgan fingerprint density at radius 1 is 0.923 bits per heavy atom. The summed E-state index contributed by atoms with van der Waals surface area (Å²) in [6.07, 6.45) is 0.746. The minimum atomic E-state index is -0.184. The Bertz CT molecular complexity index is 918. The van der Waals surface area contributed by atoms with Crippen molar-refractivity contribution in [3.05, 3.63) is 71.1 Å². The Morgan fingerprint density at radius 2 is 1.58 bits per heavy atom. The summed E-state index contributed by atoms with van der Waals surface area (Å²) in [7, 11) is 0. The quantitative estimate of drug-likeness (QED) is 0.357. The first kappa shape index (κ1) is 17.0. The molecule has 6 heteroatoms. The van der Waals surface area contributed by atoms with Crippen LogP contribution >= 0.6 is 23.1 Å². The molecule has 0 bridgehead atoms. The molecule has 2 aromatic carbocycles. The summed E-state index contributed by atoms with van der Waals surface area (Å²) in [6.45, 7) is 0.441.